The number of imide groups is 1. The van der Waals surface area contributed by atoms with Gasteiger partial charge in [-0.15, -0.1) is 0 Å². The fraction of sp³-hybridized carbons (Fsp3) is 0.296. The summed E-state index contributed by atoms with van der Waals surface area (Å²) in [6.07, 6.45) is 9.29. The summed E-state index contributed by atoms with van der Waals surface area (Å²) in [6, 6.07) is 18.5. The molecule has 5 nitrogen and oxygen atoms in total. The number of rotatable bonds is 4. The molecule has 5 heteroatoms. The van der Waals surface area contributed by atoms with Crippen LogP contribution in [0.3, 0.4) is 0 Å². The van der Waals surface area contributed by atoms with Gasteiger partial charge in [-0.1, -0.05) is 60.7 Å². The fourth-order valence-corrected chi connectivity index (χ4v) is 6.46. The van der Waals surface area contributed by atoms with Crippen molar-refractivity contribution >= 4 is 28.9 Å². The van der Waals surface area contributed by atoms with Crippen molar-refractivity contribution in [1.82, 2.24) is 9.58 Å². The topological polar surface area (TPSA) is 54.7 Å². The second-order valence-corrected chi connectivity index (χ2v) is 9.60. The molecule has 2 heterocycles. The average molecular weight is 422 g/mol. The van der Waals surface area contributed by atoms with E-state index in [9.17, 15) is 9.59 Å². The highest BCUT2D eigenvalue weighted by molar-refractivity contribution is 6.07. The number of hydrazone groups is 1. The van der Waals surface area contributed by atoms with Gasteiger partial charge in [0.15, 0.2) is 0 Å². The van der Waals surface area contributed by atoms with Crippen LogP contribution in [0.4, 0.5) is 0 Å². The number of para-hydroxylation sites is 1. The van der Waals surface area contributed by atoms with Gasteiger partial charge in [-0.2, -0.15) is 10.1 Å². The zero-order chi connectivity index (χ0) is 21.4. The van der Waals surface area contributed by atoms with Crippen molar-refractivity contribution in [3.05, 3.63) is 84.1 Å². The predicted molar refractivity (Wildman–Crippen MR) is 122 cm³/mol. The molecule has 8 rings (SSSR count). The molecule has 3 fully saturated rings. The molecule has 1 aromatic heterocycles. The number of aromatic nitrogens is 1. The summed E-state index contributed by atoms with van der Waals surface area (Å²) in [5.41, 5.74) is 3.23. The highest BCUT2D eigenvalue weighted by Gasteiger charge is 2.67. The van der Waals surface area contributed by atoms with Gasteiger partial charge in [0, 0.05) is 29.2 Å². The van der Waals surface area contributed by atoms with Crippen LogP contribution >= 0.6 is 0 Å². The number of carbonyl (C=O) groups excluding carboxylic acids is 2. The summed E-state index contributed by atoms with van der Waals surface area (Å²) in [5.74, 6) is 0.989. The Morgan fingerprint density at radius 3 is 2.25 bits per heavy atom. The summed E-state index contributed by atoms with van der Waals surface area (Å²) in [6.45, 7) is 0.749. The number of hydrogen-bond donors (Lipinski definition) is 0. The smallest absolute Gasteiger partial charge is 0.254 e. The van der Waals surface area contributed by atoms with Gasteiger partial charge in [0.2, 0.25) is 0 Å². The number of allylic oxidation sites excluding steroid dienone is 2. The molecule has 2 amide bonds. The van der Waals surface area contributed by atoms with Gasteiger partial charge in [0.05, 0.1) is 18.1 Å². The lowest BCUT2D eigenvalue weighted by Gasteiger charge is -2.37. The van der Waals surface area contributed by atoms with E-state index in [1.54, 1.807) is 6.21 Å². The minimum atomic E-state index is -0.210. The van der Waals surface area contributed by atoms with Crippen LogP contribution in [0.25, 0.3) is 10.9 Å². The largest absolute Gasteiger partial charge is 0.342 e. The number of nitrogens with zero attached hydrogens (tertiary/aromatic N) is 3. The van der Waals surface area contributed by atoms with Gasteiger partial charge < -0.3 is 4.57 Å². The lowest BCUT2D eigenvalue weighted by Crippen LogP contribution is -2.40. The van der Waals surface area contributed by atoms with Crippen LogP contribution in [0.2, 0.25) is 0 Å². The van der Waals surface area contributed by atoms with E-state index in [0.717, 1.165) is 28.0 Å². The maximum atomic E-state index is 13.2. The first-order valence-corrected chi connectivity index (χ1v) is 11.4. The van der Waals surface area contributed by atoms with Crippen molar-refractivity contribution in [3.63, 3.8) is 0 Å². The Morgan fingerprint density at radius 2 is 1.53 bits per heavy atom. The molecule has 4 aliphatic carbocycles. The van der Waals surface area contributed by atoms with Crippen molar-refractivity contribution in [2.45, 2.75) is 13.0 Å². The van der Waals surface area contributed by atoms with Crippen molar-refractivity contribution in [2.24, 2.45) is 40.6 Å². The Labute approximate surface area is 186 Å². The minimum Gasteiger partial charge on any atom is -0.342 e. The fourth-order valence-electron chi connectivity index (χ4n) is 6.46. The molecular weight excluding hydrogens is 398 g/mol. The predicted octanol–water partition coefficient (Wildman–Crippen LogP) is 4.08. The van der Waals surface area contributed by atoms with Crippen LogP contribution in [0.5, 0.6) is 0 Å². The molecule has 2 aromatic carbocycles. The summed E-state index contributed by atoms with van der Waals surface area (Å²) in [7, 11) is 0. The normalized spacial score (nSPS) is 32.2. The van der Waals surface area contributed by atoms with Crippen molar-refractivity contribution in [1.29, 1.82) is 0 Å². The molecule has 1 aliphatic heterocycles. The molecule has 5 aliphatic rings. The van der Waals surface area contributed by atoms with Gasteiger partial charge in [-0.05, 0) is 41.7 Å². The van der Waals surface area contributed by atoms with E-state index in [0.29, 0.717) is 11.8 Å². The van der Waals surface area contributed by atoms with Crippen molar-refractivity contribution in [3.8, 4) is 0 Å². The molecule has 0 unspecified atom stereocenters. The third-order valence-corrected chi connectivity index (χ3v) is 7.97. The third kappa shape index (κ3) is 2.48. The highest BCUT2D eigenvalue weighted by Crippen LogP contribution is 2.65. The Bertz CT molecular complexity index is 1290. The molecule has 2 bridgehead atoms. The molecular formula is C27H23N3O2. The van der Waals surface area contributed by atoms with Crippen LogP contribution in [0.1, 0.15) is 17.5 Å². The zero-order valence-corrected chi connectivity index (χ0v) is 17.5. The Balaban J connectivity index is 1.21. The first-order chi connectivity index (χ1) is 15.7. The van der Waals surface area contributed by atoms with E-state index in [-0.39, 0.29) is 35.5 Å². The van der Waals surface area contributed by atoms with Crippen molar-refractivity contribution < 1.29 is 9.59 Å². The quantitative estimate of drug-likeness (QED) is 0.362. The van der Waals surface area contributed by atoms with Gasteiger partial charge >= 0.3 is 0 Å². The Hall–Kier alpha value is -3.47. The van der Waals surface area contributed by atoms with Crippen LogP contribution in [0.15, 0.2) is 78.0 Å². The van der Waals surface area contributed by atoms with Gasteiger partial charge in [0.25, 0.3) is 11.8 Å². The molecule has 6 atom stereocenters. The molecule has 158 valence electrons. The van der Waals surface area contributed by atoms with Crippen LogP contribution in [-0.2, 0) is 16.1 Å². The monoisotopic (exact) mass is 421 g/mol. The molecule has 32 heavy (non-hydrogen) atoms. The van der Waals surface area contributed by atoms with E-state index in [2.05, 4.69) is 52.3 Å². The van der Waals surface area contributed by atoms with E-state index < -0.39 is 0 Å². The number of fused-ring (bicyclic) bond motifs is 1. The Morgan fingerprint density at radius 1 is 0.875 bits per heavy atom. The highest BCUT2D eigenvalue weighted by atomic mass is 16.2. The van der Waals surface area contributed by atoms with Crippen LogP contribution in [-0.4, -0.2) is 27.6 Å². The lowest BCUT2D eigenvalue weighted by molar-refractivity contribution is -0.140. The Kier molecular flexibility index (Phi) is 3.69. The SMILES string of the molecule is O=C1[C@@H]2[C@H]3C=C[C@@H]([C@@H]4C[C@H]34)[C@@H]2C(=O)N1/N=C\c1cn(Cc2ccccc2)c2ccccc12. The number of hydrogen-bond acceptors (Lipinski definition) is 3. The van der Waals surface area contributed by atoms with Gasteiger partial charge in [0.1, 0.15) is 0 Å². The molecule has 0 radical (unpaired) electrons. The van der Waals surface area contributed by atoms with Crippen molar-refractivity contribution in [2.75, 3.05) is 0 Å². The number of amides is 2. The summed E-state index contributed by atoms with van der Waals surface area (Å²) >= 11 is 0. The second kappa shape index (κ2) is 6.52. The maximum absolute atomic E-state index is 13.2. The average Bonchev–Trinajstić information content (AvgIpc) is 3.54. The van der Waals surface area contributed by atoms with E-state index in [1.165, 1.54) is 12.0 Å². The van der Waals surface area contributed by atoms with Crippen LogP contribution < -0.4 is 0 Å². The minimum absolute atomic E-state index is 0.117. The first kappa shape index (κ1) is 18.1. The first-order valence-electron chi connectivity index (χ1n) is 11.4. The standard InChI is InChI=1S/C27H23N3O2/c31-26-24-19-10-11-20(22-12-21(19)22)25(24)27(32)30(26)28-13-17-15-29(14-16-6-2-1-3-7-16)23-9-5-4-8-18(17)23/h1-11,13,15,19-22,24-25H,12,14H2/b28-13-/t19-,20-,21-,22+,24-,25+/m0/s1. The zero-order valence-electron chi connectivity index (χ0n) is 17.5. The third-order valence-electron chi connectivity index (χ3n) is 7.97. The molecule has 0 N–H and O–H groups in total. The molecule has 3 aromatic rings. The molecule has 1 saturated heterocycles. The summed E-state index contributed by atoms with van der Waals surface area (Å²) in [4.78, 5) is 26.4. The van der Waals surface area contributed by atoms with E-state index >= 15 is 0 Å². The van der Waals surface area contributed by atoms with E-state index in [1.807, 2.05) is 30.3 Å². The molecule has 2 saturated carbocycles. The number of carbonyl (C=O) groups is 2. The van der Waals surface area contributed by atoms with Crippen LogP contribution in [0, 0.1) is 35.5 Å². The maximum Gasteiger partial charge on any atom is 0.254 e. The summed E-state index contributed by atoms with van der Waals surface area (Å²) < 4.78 is 2.19. The van der Waals surface area contributed by atoms with Gasteiger partial charge in [-0.25, -0.2) is 0 Å². The molecule has 0 spiro atoms. The number of benzene rings is 2. The second-order valence-electron chi connectivity index (χ2n) is 9.60. The summed E-state index contributed by atoms with van der Waals surface area (Å²) in [5, 5.41) is 6.68. The van der Waals surface area contributed by atoms with E-state index in [4.69, 9.17) is 0 Å². The lowest BCUT2D eigenvalue weighted by atomic mass is 9.63. The van der Waals surface area contributed by atoms with Gasteiger partial charge in [-0.3, -0.25) is 9.59 Å².